The Hall–Kier alpha value is -2.98. The van der Waals surface area contributed by atoms with E-state index in [9.17, 15) is 22.0 Å². The van der Waals surface area contributed by atoms with Crippen LogP contribution in [-0.2, 0) is 19.1 Å². The summed E-state index contributed by atoms with van der Waals surface area (Å²) in [7, 11) is 0. The minimum Gasteiger partial charge on any atom is -0.435 e. The number of nitrogens with zero attached hydrogens (tertiary/aromatic N) is 4. The summed E-state index contributed by atoms with van der Waals surface area (Å²) >= 11 is 0. The van der Waals surface area contributed by atoms with E-state index in [1.54, 1.807) is 0 Å². The van der Waals surface area contributed by atoms with Crippen molar-refractivity contribution < 1.29 is 31.1 Å². The maximum atomic E-state index is 13.0. The smallest absolute Gasteiger partial charge is 0.435 e. The van der Waals surface area contributed by atoms with E-state index < -0.39 is 18.5 Å². The maximum Gasteiger partial charge on any atom is 0.435 e. The van der Waals surface area contributed by atoms with Crippen LogP contribution >= 0.6 is 0 Å². The van der Waals surface area contributed by atoms with Gasteiger partial charge in [-0.2, -0.15) is 27.1 Å². The summed E-state index contributed by atoms with van der Waals surface area (Å²) < 4.78 is 74.4. The molecule has 2 aromatic heterocycles. The van der Waals surface area contributed by atoms with Gasteiger partial charge < -0.3 is 9.15 Å². The molecule has 0 spiro atoms. The molecule has 1 aliphatic carbocycles. The zero-order valence-corrected chi connectivity index (χ0v) is 14.9. The van der Waals surface area contributed by atoms with Gasteiger partial charge in [0.15, 0.2) is 5.69 Å². The normalized spacial score (nSPS) is 14.6. The lowest BCUT2D eigenvalue weighted by molar-refractivity contribution is -0.141. The highest BCUT2D eigenvalue weighted by Crippen LogP contribution is 2.42. The van der Waals surface area contributed by atoms with Gasteiger partial charge in [-0.15, -0.1) is 10.2 Å². The highest BCUT2D eigenvalue weighted by atomic mass is 19.4. The summed E-state index contributed by atoms with van der Waals surface area (Å²) in [6.07, 6.45) is -2.59. The lowest BCUT2D eigenvalue weighted by Gasteiger charge is -2.05. The number of hydrogen-bond acceptors (Lipinski definition) is 5. The number of aryl methyl sites for hydroxylation is 2. The Morgan fingerprint density at radius 2 is 1.86 bits per heavy atom. The van der Waals surface area contributed by atoms with Gasteiger partial charge >= 0.3 is 12.8 Å². The quantitative estimate of drug-likeness (QED) is 0.526. The van der Waals surface area contributed by atoms with Crippen molar-refractivity contribution in [3.05, 3.63) is 47.6 Å². The van der Waals surface area contributed by atoms with Crippen LogP contribution in [0.5, 0.6) is 5.75 Å². The van der Waals surface area contributed by atoms with Crippen LogP contribution in [0.2, 0.25) is 0 Å². The first-order chi connectivity index (χ1) is 13.8. The average Bonchev–Trinajstić information content (AvgIpc) is 3.22. The van der Waals surface area contributed by atoms with Crippen LogP contribution in [0, 0.1) is 0 Å². The molecular formula is C18H15F5N4O2. The summed E-state index contributed by atoms with van der Waals surface area (Å²) in [4.78, 5) is 0. The summed E-state index contributed by atoms with van der Waals surface area (Å²) in [6.45, 7) is -2.75. The Bertz CT molecular complexity index is 977. The summed E-state index contributed by atoms with van der Waals surface area (Å²) in [5, 5.41) is 11.5. The molecule has 6 nitrogen and oxygen atoms in total. The van der Waals surface area contributed by atoms with Crippen molar-refractivity contribution in [2.45, 2.75) is 44.5 Å². The first-order valence-electron chi connectivity index (χ1n) is 8.82. The number of alkyl halides is 5. The fraction of sp³-hybridized carbons (Fsp3) is 0.389. The first kappa shape index (κ1) is 19.3. The fourth-order valence-corrected chi connectivity index (χ4v) is 2.91. The largest absolute Gasteiger partial charge is 0.435 e. The number of ether oxygens (including phenoxy) is 1. The number of halogens is 5. The van der Waals surface area contributed by atoms with E-state index in [1.807, 2.05) is 0 Å². The second kappa shape index (κ2) is 7.45. The van der Waals surface area contributed by atoms with Gasteiger partial charge in [0.2, 0.25) is 11.8 Å². The third-order valence-corrected chi connectivity index (χ3v) is 4.43. The van der Waals surface area contributed by atoms with Gasteiger partial charge in [0.1, 0.15) is 5.75 Å². The van der Waals surface area contributed by atoms with Crippen molar-refractivity contribution in [3.8, 4) is 17.2 Å². The van der Waals surface area contributed by atoms with Crippen LogP contribution in [0.1, 0.15) is 36.0 Å². The van der Waals surface area contributed by atoms with Gasteiger partial charge in [-0.3, -0.25) is 4.68 Å². The number of rotatable bonds is 7. The molecular weight excluding hydrogens is 399 g/mol. The minimum atomic E-state index is -4.49. The minimum absolute atomic E-state index is 0.00440. The molecule has 29 heavy (non-hydrogen) atoms. The predicted octanol–water partition coefficient (Wildman–Crippen LogP) is 4.67. The molecule has 0 unspecified atom stereocenters. The lowest BCUT2D eigenvalue weighted by atomic mass is 10.2. The van der Waals surface area contributed by atoms with Gasteiger partial charge in [0, 0.05) is 30.1 Å². The van der Waals surface area contributed by atoms with Crippen molar-refractivity contribution in [1.82, 2.24) is 20.0 Å². The molecule has 11 heteroatoms. The third-order valence-electron chi connectivity index (χ3n) is 4.43. The lowest BCUT2D eigenvalue weighted by Crippen LogP contribution is -2.10. The second-order valence-corrected chi connectivity index (χ2v) is 6.60. The number of aromatic nitrogens is 4. The summed E-state index contributed by atoms with van der Waals surface area (Å²) in [5.41, 5.74) is 0.158. The SMILES string of the molecule is FC(F)Oc1ccc(-c2nnc(CCn3nc(C(F)(F)F)cc3C3CC3)o2)cc1. The van der Waals surface area contributed by atoms with Crippen molar-refractivity contribution in [1.29, 1.82) is 0 Å². The summed E-state index contributed by atoms with van der Waals surface area (Å²) in [5.74, 6) is 0.502. The van der Waals surface area contributed by atoms with Crippen LogP contribution < -0.4 is 4.74 Å². The monoisotopic (exact) mass is 414 g/mol. The van der Waals surface area contributed by atoms with Crippen molar-refractivity contribution in [3.63, 3.8) is 0 Å². The summed E-state index contributed by atoms with van der Waals surface area (Å²) in [6, 6.07) is 6.76. The Morgan fingerprint density at radius 3 is 2.48 bits per heavy atom. The average molecular weight is 414 g/mol. The third kappa shape index (κ3) is 4.54. The van der Waals surface area contributed by atoms with Gasteiger partial charge in [-0.1, -0.05) is 0 Å². The van der Waals surface area contributed by atoms with E-state index in [-0.39, 0.29) is 36.4 Å². The highest BCUT2D eigenvalue weighted by molar-refractivity contribution is 5.53. The molecule has 0 aliphatic heterocycles. The molecule has 154 valence electrons. The van der Waals surface area contributed by atoms with E-state index in [0.717, 1.165) is 18.9 Å². The van der Waals surface area contributed by atoms with E-state index in [0.29, 0.717) is 11.3 Å². The van der Waals surface area contributed by atoms with Crippen LogP contribution in [0.4, 0.5) is 22.0 Å². The molecule has 0 amide bonds. The molecule has 1 saturated carbocycles. The highest BCUT2D eigenvalue weighted by Gasteiger charge is 2.37. The van der Waals surface area contributed by atoms with Gasteiger partial charge in [0.05, 0.1) is 0 Å². The number of hydrogen-bond donors (Lipinski definition) is 0. The Kier molecular flexibility index (Phi) is 4.97. The molecule has 4 rings (SSSR count). The van der Waals surface area contributed by atoms with Gasteiger partial charge in [0.25, 0.3) is 0 Å². The van der Waals surface area contributed by atoms with E-state index >= 15 is 0 Å². The second-order valence-electron chi connectivity index (χ2n) is 6.60. The van der Waals surface area contributed by atoms with E-state index in [2.05, 4.69) is 20.0 Å². The molecule has 0 atom stereocenters. The zero-order valence-electron chi connectivity index (χ0n) is 14.9. The number of benzene rings is 1. The Morgan fingerprint density at radius 1 is 1.14 bits per heavy atom. The molecule has 0 saturated heterocycles. The Balaban J connectivity index is 1.44. The van der Waals surface area contributed by atoms with Crippen LogP contribution in [0.3, 0.4) is 0 Å². The van der Waals surface area contributed by atoms with Crippen molar-refractivity contribution in [2.75, 3.05) is 0 Å². The van der Waals surface area contributed by atoms with E-state index in [1.165, 1.54) is 28.9 Å². The van der Waals surface area contributed by atoms with Crippen molar-refractivity contribution in [2.24, 2.45) is 0 Å². The molecule has 0 N–H and O–H groups in total. The van der Waals surface area contributed by atoms with Crippen LogP contribution in [-0.4, -0.2) is 26.6 Å². The van der Waals surface area contributed by atoms with Gasteiger partial charge in [-0.25, -0.2) is 0 Å². The maximum absolute atomic E-state index is 13.0. The van der Waals surface area contributed by atoms with Crippen LogP contribution in [0.25, 0.3) is 11.5 Å². The predicted molar refractivity (Wildman–Crippen MR) is 89.3 cm³/mol. The first-order valence-corrected chi connectivity index (χ1v) is 8.82. The fourth-order valence-electron chi connectivity index (χ4n) is 2.91. The topological polar surface area (TPSA) is 66.0 Å². The molecule has 2 heterocycles. The molecule has 3 aromatic rings. The Labute approximate surface area is 161 Å². The molecule has 1 aliphatic rings. The molecule has 0 radical (unpaired) electrons. The molecule has 0 bridgehead atoms. The van der Waals surface area contributed by atoms with Gasteiger partial charge in [-0.05, 0) is 43.2 Å². The molecule has 1 fully saturated rings. The van der Waals surface area contributed by atoms with Crippen molar-refractivity contribution >= 4 is 0 Å². The molecule has 1 aromatic carbocycles. The zero-order chi connectivity index (χ0) is 20.6. The van der Waals surface area contributed by atoms with E-state index in [4.69, 9.17) is 4.42 Å². The van der Waals surface area contributed by atoms with Crippen LogP contribution in [0.15, 0.2) is 34.7 Å². The standard InChI is InChI=1S/C18H15F5N4O2/c19-17(20)28-12-5-3-11(4-6-12)16-25-24-15(29-16)7-8-27-13(10-1-2-10)9-14(26-27)18(21,22)23/h3-6,9-10,17H,1-2,7-8H2.